The molecule has 1 unspecified atom stereocenters. The summed E-state index contributed by atoms with van der Waals surface area (Å²) < 4.78 is 17.4. The third kappa shape index (κ3) is 48.5. The second-order valence-corrected chi connectivity index (χ2v) is 17.4. The van der Waals surface area contributed by atoms with E-state index in [2.05, 4.69) is 69.4 Å². The molecule has 0 heterocycles. The summed E-state index contributed by atoms with van der Waals surface area (Å²) in [6.07, 6.45) is 62.5. The van der Waals surface area contributed by atoms with Crippen LogP contribution in [-0.2, 0) is 23.8 Å². The summed E-state index contributed by atoms with van der Waals surface area (Å²) in [5.41, 5.74) is 0. The van der Waals surface area contributed by atoms with E-state index in [4.69, 9.17) is 14.2 Å². The molecule has 0 bridgehead atoms. The van der Waals surface area contributed by atoms with Gasteiger partial charge in [0.25, 0.3) is 0 Å². The third-order valence-corrected chi connectivity index (χ3v) is 11.3. The monoisotopic (exact) mass is 841 g/mol. The van der Waals surface area contributed by atoms with Crippen LogP contribution in [0, 0.1) is 0 Å². The van der Waals surface area contributed by atoms with Crippen LogP contribution in [0.2, 0.25) is 0 Å². The van der Waals surface area contributed by atoms with Crippen molar-refractivity contribution in [3.63, 3.8) is 0 Å². The topological polar surface area (TPSA) is 61.8 Å². The van der Waals surface area contributed by atoms with Crippen LogP contribution in [-0.4, -0.2) is 37.9 Å². The van der Waals surface area contributed by atoms with Gasteiger partial charge in [-0.3, -0.25) is 9.59 Å². The van der Waals surface area contributed by atoms with E-state index >= 15 is 0 Å². The Hall–Kier alpha value is -2.14. The molecule has 0 amide bonds. The summed E-state index contributed by atoms with van der Waals surface area (Å²) in [6.45, 7) is 7.76. The van der Waals surface area contributed by atoms with Gasteiger partial charge >= 0.3 is 11.9 Å². The lowest BCUT2D eigenvalue weighted by Crippen LogP contribution is -2.30. The predicted molar refractivity (Wildman–Crippen MR) is 261 cm³/mol. The fraction of sp³-hybridized carbons (Fsp3) is 0.818. The van der Waals surface area contributed by atoms with Crippen molar-refractivity contribution in [2.75, 3.05) is 19.8 Å². The highest BCUT2D eigenvalue weighted by Crippen LogP contribution is 2.14. The fourth-order valence-corrected chi connectivity index (χ4v) is 7.34. The molecular weight excluding hydrogens is 741 g/mol. The maximum atomic E-state index is 12.8. The lowest BCUT2D eigenvalue weighted by Gasteiger charge is -2.18. The molecule has 0 rings (SSSR count). The van der Waals surface area contributed by atoms with Crippen LogP contribution in [0.4, 0.5) is 0 Å². The third-order valence-electron chi connectivity index (χ3n) is 11.3. The first-order valence-electron chi connectivity index (χ1n) is 26.2. The first-order chi connectivity index (χ1) is 29.6. The van der Waals surface area contributed by atoms with Gasteiger partial charge in [-0.2, -0.15) is 0 Å². The van der Waals surface area contributed by atoms with Crippen molar-refractivity contribution in [2.45, 2.75) is 271 Å². The number of ether oxygens (including phenoxy) is 3. The Labute approximate surface area is 373 Å². The molecule has 0 aliphatic rings. The number of hydrogen-bond acceptors (Lipinski definition) is 5. The van der Waals surface area contributed by atoms with E-state index in [-0.39, 0.29) is 25.2 Å². The van der Waals surface area contributed by atoms with Gasteiger partial charge in [0.2, 0.25) is 0 Å². The van der Waals surface area contributed by atoms with E-state index in [0.717, 1.165) is 57.8 Å². The molecule has 5 nitrogen and oxygen atoms in total. The van der Waals surface area contributed by atoms with E-state index in [1.807, 2.05) is 0 Å². The van der Waals surface area contributed by atoms with Crippen LogP contribution in [0.5, 0.6) is 0 Å². The van der Waals surface area contributed by atoms with Crippen LogP contribution < -0.4 is 0 Å². The molecule has 1 atom stereocenters. The molecule has 0 saturated heterocycles. The van der Waals surface area contributed by atoms with Crippen molar-refractivity contribution in [3.05, 3.63) is 48.6 Å². The van der Waals surface area contributed by atoms with E-state index in [0.29, 0.717) is 19.4 Å². The molecule has 0 fully saturated rings. The van der Waals surface area contributed by atoms with Gasteiger partial charge in [0, 0.05) is 19.4 Å². The van der Waals surface area contributed by atoms with E-state index in [1.54, 1.807) is 0 Å². The summed E-state index contributed by atoms with van der Waals surface area (Å²) >= 11 is 0. The highest BCUT2D eigenvalue weighted by molar-refractivity contribution is 5.70. The summed E-state index contributed by atoms with van der Waals surface area (Å²) in [5, 5.41) is 0. The number of carbonyl (C=O) groups excluding carboxylic acids is 2. The Balaban J connectivity index is 4.26. The maximum Gasteiger partial charge on any atom is 0.306 e. The number of esters is 2. The molecule has 0 saturated carbocycles. The van der Waals surface area contributed by atoms with Crippen molar-refractivity contribution in [1.82, 2.24) is 0 Å². The van der Waals surface area contributed by atoms with E-state index in [9.17, 15) is 9.59 Å². The van der Waals surface area contributed by atoms with Crippen molar-refractivity contribution < 1.29 is 23.8 Å². The Kier molecular flexibility index (Phi) is 49.4. The summed E-state index contributed by atoms with van der Waals surface area (Å²) in [5.74, 6) is -0.413. The molecule has 0 N–H and O–H groups in total. The number of carbonyl (C=O) groups is 2. The number of rotatable bonds is 48. The fourth-order valence-electron chi connectivity index (χ4n) is 7.34. The second-order valence-electron chi connectivity index (χ2n) is 17.4. The molecule has 0 aromatic rings. The average Bonchev–Trinajstić information content (AvgIpc) is 3.25. The zero-order valence-corrected chi connectivity index (χ0v) is 40.2. The van der Waals surface area contributed by atoms with Gasteiger partial charge in [0.1, 0.15) is 6.61 Å². The lowest BCUT2D eigenvalue weighted by molar-refractivity contribution is -0.163. The Morgan fingerprint density at radius 1 is 0.367 bits per heavy atom. The molecule has 350 valence electrons. The minimum atomic E-state index is -0.546. The molecule has 0 spiro atoms. The van der Waals surface area contributed by atoms with E-state index < -0.39 is 6.10 Å². The first kappa shape index (κ1) is 57.9. The van der Waals surface area contributed by atoms with Gasteiger partial charge in [-0.1, -0.05) is 204 Å². The van der Waals surface area contributed by atoms with Gasteiger partial charge in [0.05, 0.1) is 6.61 Å². The molecule has 0 aliphatic carbocycles. The molecule has 60 heavy (non-hydrogen) atoms. The quantitative estimate of drug-likeness (QED) is 0.0347. The second kappa shape index (κ2) is 51.2. The highest BCUT2D eigenvalue weighted by atomic mass is 16.6. The minimum absolute atomic E-state index is 0.0764. The van der Waals surface area contributed by atoms with Crippen LogP contribution in [0.25, 0.3) is 0 Å². The molecule has 0 radical (unpaired) electrons. The van der Waals surface area contributed by atoms with Gasteiger partial charge in [0.15, 0.2) is 6.10 Å². The standard InChI is InChI=1S/C55H100O5/c1-4-7-10-13-16-19-22-25-27-28-30-31-33-36-39-42-45-48-54(56)59-52-53(51-58-50-47-44-41-38-35-24-21-18-15-12-9-6-3)60-55(57)49-46-43-40-37-34-32-29-26-23-20-17-14-11-8-5-2/h15,17-18,20,25-27,29,53H,4-14,16,19,21-24,28,30-52H2,1-3H3/b18-15-,20-17-,27-25-,29-26-. The zero-order chi connectivity index (χ0) is 43.5. The van der Waals surface area contributed by atoms with Gasteiger partial charge < -0.3 is 14.2 Å². The van der Waals surface area contributed by atoms with Crippen molar-refractivity contribution in [2.24, 2.45) is 0 Å². The van der Waals surface area contributed by atoms with Crippen LogP contribution in [0.1, 0.15) is 265 Å². The van der Waals surface area contributed by atoms with Crippen molar-refractivity contribution in [1.29, 1.82) is 0 Å². The molecule has 0 aromatic heterocycles. The number of allylic oxidation sites excluding steroid dienone is 8. The SMILES string of the molecule is CCCC/C=C\CCCCCCCCOCC(COC(=O)CCCCCCCCC/C=C\CCCCCCCC)OC(=O)CCCCCCC/C=C\C/C=C\CCCCC. The predicted octanol–water partition coefficient (Wildman–Crippen LogP) is 17.6. The van der Waals surface area contributed by atoms with E-state index in [1.165, 1.54) is 173 Å². The summed E-state index contributed by atoms with van der Waals surface area (Å²) in [6, 6.07) is 0. The molecular formula is C55H100O5. The van der Waals surface area contributed by atoms with Gasteiger partial charge in [-0.25, -0.2) is 0 Å². The maximum absolute atomic E-state index is 12.8. The summed E-state index contributed by atoms with van der Waals surface area (Å²) in [4.78, 5) is 25.4. The minimum Gasteiger partial charge on any atom is -0.462 e. The average molecular weight is 841 g/mol. The number of unbranched alkanes of at least 4 members (excludes halogenated alkanes) is 29. The Morgan fingerprint density at radius 3 is 1.20 bits per heavy atom. The largest absolute Gasteiger partial charge is 0.462 e. The van der Waals surface area contributed by atoms with Crippen LogP contribution >= 0.6 is 0 Å². The smallest absolute Gasteiger partial charge is 0.306 e. The Bertz CT molecular complexity index is 997. The van der Waals surface area contributed by atoms with Gasteiger partial charge in [-0.05, 0) is 96.3 Å². The molecule has 0 aliphatic heterocycles. The molecule has 0 aromatic carbocycles. The normalized spacial score (nSPS) is 12.5. The summed E-state index contributed by atoms with van der Waals surface area (Å²) in [7, 11) is 0. The van der Waals surface area contributed by atoms with Crippen LogP contribution in [0.3, 0.4) is 0 Å². The lowest BCUT2D eigenvalue weighted by atomic mass is 10.1. The van der Waals surface area contributed by atoms with Crippen LogP contribution in [0.15, 0.2) is 48.6 Å². The van der Waals surface area contributed by atoms with Gasteiger partial charge in [-0.15, -0.1) is 0 Å². The first-order valence-corrected chi connectivity index (χ1v) is 26.2. The molecule has 5 heteroatoms. The highest BCUT2D eigenvalue weighted by Gasteiger charge is 2.17. The van der Waals surface area contributed by atoms with Crippen molar-refractivity contribution in [3.8, 4) is 0 Å². The van der Waals surface area contributed by atoms with Crippen molar-refractivity contribution >= 4 is 11.9 Å². The zero-order valence-electron chi connectivity index (χ0n) is 40.2. The Morgan fingerprint density at radius 2 is 0.717 bits per heavy atom. The number of hydrogen-bond donors (Lipinski definition) is 0.